The number of aromatic nitrogens is 1. The Labute approximate surface area is 146 Å². The van der Waals surface area contributed by atoms with Gasteiger partial charge in [0.05, 0.1) is 10.2 Å². The molecule has 4 rings (SSSR count). The topological polar surface area (TPSA) is 36.4 Å². The SMILES string of the molecule is C[C@@H]1CCCCN1Cc1cc(-c2nc3ccccc3s2)ccc1O. The van der Waals surface area contributed by atoms with Crippen LogP contribution in [0.15, 0.2) is 42.5 Å². The number of hydrogen-bond acceptors (Lipinski definition) is 4. The summed E-state index contributed by atoms with van der Waals surface area (Å²) >= 11 is 1.71. The number of thiazole rings is 1. The van der Waals surface area contributed by atoms with Crippen molar-refractivity contribution in [3.8, 4) is 16.3 Å². The lowest BCUT2D eigenvalue weighted by atomic mass is 10.0. The van der Waals surface area contributed by atoms with Gasteiger partial charge in [0.25, 0.3) is 0 Å². The van der Waals surface area contributed by atoms with Gasteiger partial charge in [-0.3, -0.25) is 4.90 Å². The summed E-state index contributed by atoms with van der Waals surface area (Å²) in [5.41, 5.74) is 3.13. The first-order chi connectivity index (χ1) is 11.7. The van der Waals surface area contributed by atoms with Gasteiger partial charge in [-0.15, -0.1) is 11.3 Å². The number of aromatic hydroxyl groups is 1. The van der Waals surface area contributed by atoms with Crippen molar-refractivity contribution in [1.29, 1.82) is 0 Å². The average molecular weight is 338 g/mol. The minimum absolute atomic E-state index is 0.387. The normalized spacial score (nSPS) is 19.0. The first-order valence-electron chi connectivity index (χ1n) is 8.62. The van der Waals surface area contributed by atoms with E-state index in [0.29, 0.717) is 11.8 Å². The lowest BCUT2D eigenvalue weighted by Crippen LogP contribution is -2.36. The molecule has 1 aromatic heterocycles. The van der Waals surface area contributed by atoms with Crippen molar-refractivity contribution < 1.29 is 5.11 Å². The average Bonchev–Trinajstić information content (AvgIpc) is 3.03. The van der Waals surface area contributed by atoms with E-state index in [1.807, 2.05) is 30.3 Å². The second-order valence-corrected chi connectivity index (χ2v) is 7.68. The fourth-order valence-electron chi connectivity index (χ4n) is 3.45. The van der Waals surface area contributed by atoms with Gasteiger partial charge in [0.1, 0.15) is 10.8 Å². The predicted molar refractivity (Wildman–Crippen MR) is 100 cm³/mol. The van der Waals surface area contributed by atoms with Gasteiger partial charge in [-0.25, -0.2) is 4.98 Å². The van der Waals surface area contributed by atoms with Crippen LogP contribution in [0.4, 0.5) is 0 Å². The molecule has 0 unspecified atom stereocenters. The molecule has 1 aliphatic rings. The number of benzene rings is 2. The van der Waals surface area contributed by atoms with Gasteiger partial charge >= 0.3 is 0 Å². The fourth-order valence-corrected chi connectivity index (χ4v) is 4.41. The van der Waals surface area contributed by atoms with Crippen LogP contribution >= 0.6 is 11.3 Å². The zero-order chi connectivity index (χ0) is 16.5. The third kappa shape index (κ3) is 3.04. The van der Waals surface area contributed by atoms with E-state index in [2.05, 4.69) is 24.0 Å². The van der Waals surface area contributed by atoms with Gasteiger partial charge in [0, 0.05) is 23.7 Å². The molecule has 1 N–H and O–H groups in total. The molecule has 1 atom stereocenters. The van der Waals surface area contributed by atoms with Crippen LogP contribution in [0.2, 0.25) is 0 Å². The van der Waals surface area contributed by atoms with E-state index < -0.39 is 0 Å². The third-order valence-electron chi connectivity index (χ3n) is 4.93. The molecule has 2 heterocycles. The molecule has 3 aromatic rings. The van der Waals surface area contributed by atoms with Crippen molar-refractivity contribution in [1.82, 2.24) is 9.88 Å². The molecule has 124 valence electrons. The summed E-state index contributed by atoms with van der Waals surface area (Å²) in [7, 11) is 0. The van der Waals surface area contributed by atoms with Crippen LogP contribution in [0.25, 0.3) is 20.8 Å². The molecule has 3 nitrogen and oxygen atoms in total. The highest BCUT2D eigenvalue weighted by molar-refractivity contribution is 7.21. The maximum atomic E-state index is 10.3. The molecule has 0 amide bonds. The molecule has 0 radical (unpaired) electrons. The molecule has 1 saturated heterocycles. The Kier molecular flexibility index (Phi) is 4.25. The maximum absolute atomic E-state index is 10.3. The highest BCUT2D eigenvalue weighted by Crippen LogP contribution is 2.33. The van der Waals surface area contributed by atoms with Crippen molar-refractivity contribution in [2.24, 2.45) is 0 Å². The van der Waals surface area contributed by atoms with Crippen LogP contribution in [-0.4, -0.2) is 27.6 Å². The van der Waals surface area contributed by atoms with E-state index in [-0.39, 0.29) is 0 Å². The molecule has 1 fully saturated rings. The van der Waals surface area contributed by atoms with Crippen LogP contribution in [0.3, 0.4) is 0 Å². The van der Waals surface area contributed by atoms with Gasteiger partial charge in [-0.2, -0.15) is 0 Å². The zero-order valence-electron chi connectivity index (χ0n) is 13.9. The van der Waals surface area contributed by atoms with Crippen molar-refractivity contribution in [3.05, 3.63) is 48.0 Å². The Bertz CT molecular complexity index is 825. The summed E-state index contributed by atoms with van der Waals surface area (Å²) < 4.78 is 1.20. The number of phenols is 1. The molecular weight excluding hydrogens is 316 g/mol. The zero-order valence-corrected chi connectivity index (χ0v) is 14.7. The van der Waals surface area contributed by atoms with Crippen molar-refractivity contribution in [2.45, 2.75) is 38.8 Å². The van der Waals surface area contributed by atoms with Crippen LogP contribution in [0, 0.1) is 0 Å². The summed E-state index contributed by atoms with van der Waals surface area (Å²) in [6.45, 7) is 4.21. The Balaban J connectivity index is 1.65. The van der Waals surface area contributed by atoms with E-state index in [0.717, 1.165) is 34.7 Å². The number of piperidine rings is 1. The Morgan fingerprint density at radius 1 is 1.21 bits per heavy atom. The van der Waals surface area contributed by atoms with Gasteiger partial charge in [-0.05, 0) is 56.6 Å². The summed E-state index contributed by atoms with van der Waals surface area (Å²) in [5.74, 6) is 0.387. The van der Waals surface area contributed by atoms with Gasteiger partial charge < -0.3 is 5.11 Å². The molecule has 0 bridgehead atoms. The van der Waals surface area contributed by atoms with Crippen LogP contribution in [0.5, 0.6) is 5.75 Å². The largest absolute Gasteiger partial charge is 0.508 e. The molecular formula is C20H22N2OS. The second-order valence-electron chi connectivity index (χ2n) is 6.65. The number of para-hydroxylation sites is 1. The molecule has 0 saturated carbocycles. The number of phenolic OH excluding ortho intramolecular Hbond substituents is 1. The summed E-state index contributed by atoms with van der Waals surface area (Å²) in [5, 5.41) is 11.3. The van der Waals surface area contributed by atoms with Gasteiger partial charge in [-0.1, -0.05) is 18.6 Å². The minimum atomic E-state index is 0.387. The quantitative estimate of drug-likeness (QED) is 0.726. The second kappa shape index (κ2) is 6.54. The van der Waals surface area contributed by atoms with Crippen LogP contribution in [0.1, 0.15) is 31.7 Å². The summed E-state index contributed by atoms with van der Waals surface area (Å²) in [6, 6.07) is 14.7. The molecule has 4 heteroatoms. The van der Waals surface area contributed by atoms with E-state index in [1.165, 1.54) is 24.0 Å². The standard InChI is InChI=1S/C20H22N2OS/c1-14-6-4-5-11-22(14)13-16-12-15(9-10-18(16)23)20-21-17-7-2-3-8-19(17)24-20/h2-3,7-10,12,14,23H,4-6,11,13H2,1H3/t14-/m1/s1. The monoisotopic (exact) mass is 338 g/mol. The van der Waals surface area contributed by atoms with E-state index in [1.54, 1.807) is 11.3 Å². The number of hydrogen-bond donors (Lipinski definition) is 1. The smallest absolute Gasteiger partial charge is 0.124 e. The number of nitrogens with zero attached hydrogens (tertiary/aromatic N) is 2. The number of likely N-dealkylation sites (tertiary alicyclic amines) is 1. The molecule has 1 aliphatic heterocycles. The lowest BCUT2D eigenvalue weighted by Gasteiger charge is -2.33. The highest BCUT2D eigenvalue weighted by Gasteiger charge is 2.20. The van der Waals surface area contributed by atoms with Gasteiger partial charge in [0.15, 0.2) is 0 Å². The number of fused-ring (bicyclic) bond motifs is 1. The molecule has 2 aromatic carbocycles. The Hall–Kier alpha value is -1.91. The first kappa shape index (κ1) is 15.6. The summed E-state index contributed by atoms with van der Waals surface area (Å²) in [6.07, 6.45) is 3.82. The van der Waals surface area contributed by atoms with E-state index in [4.69, 9.17) is 4.98 Å². The number of rotatable bonds is 3. The molecule has 0 spiro atoms. The van der Waals surface area contributed by atoms with Crippen molar-refractivity contribution in [3.63, 3.8) is 0 Å². The lowest BCUT2D eigenvalue weighted by molar-refractivity contribution is 0.151. The Morgan fingerprint density at radius 3 is 2.92 bits per heavy atom. The first-order valence-corrected chi connectivity index (χ1v) is 9.44. The van der Waals surface area contributed by atoms with Crippen molar-refractivity contribution >= 4 is 21.6 Å². The van der Waals surface area contributed by atoms with Crippen molar-refractivity contribution in [2.75, 3.05) is 6.54 Å². The predicted octanol–water partition coefficient (Wildman–Crippen LogP) is 5.04. The van der Waals surface area contributed by atoms with Crippen LogP contribution < -0.4 is 0 Å². The highest BCUT2D eigenvalue weighted by atomic mass is 32.1. The van der Waals surface area contributed by atoms with E-state index >= 15 is 0 Å². The maximum Gasteiger partial charge on any atom is 0.124 e. The van der Waals surface area contributed by atoms with Crippen LogP contribution in [-0.2, 0) is 6.54 Å². The summed E-state index contributed by atoms with van der Waals surface area (Å²) in [4.78, 5) is 7.21. The minimum Gasteiger partial charge on any atom is -0.508 e. The molecule has 0 aliphatic carbocycles. The fraction of sp³-hybridized carbons (Fsp3) is 0.350. The van der Waals surface area contributed by atoms with Gasteiger partial charge in [0.2, 0.25) is 0 Å². The Morgan fingerprint density at radius 2 is 2.08 bits per heavy atom. The third-order valence-corrected chi connectivity index (χ3v) is 6.02. The molecule has 24 heavy (non-hydrogen) atoms. The van der Waals surface area contributed by atoms with E-state index in [9.17, 15) is 5.11 Å².